The minimum atomic E-state index is -0.723. The van der Waals surface area contributed by atoms with E-state index >= 15 is 0 Å². The Kier molecular flexibility index (Phi) is 3.75. The Labute approximate surface area is 112 Å². The van der Waals surface area contributed by atoms with Crippen LogP contribution in [0.5, 0.6) is 5.75 Å². The molecule has 104 valence electrons. The second-order valence-electron chi connectivity index (χ2n) is 5.32. The molecule has 1 aromatic heterocycles. The molecule has 1 atom stereocenters. The summed E-state index contributed by atoms with van der Waals surface area (Å²) in [7, 11) is 0. The molecule has 0 aromatic carbocycles. The molecule has 5 heteroatoms. The molecule has 0 amide bonds. The lowest BCUT2D eigenvalue weighted by atomic mass is 9.84. The molecule has 19 heavy (non-hydrogen) atoms. The van der Waals surface area contributed by atoms with E-state index in [1.807, 2.05) is 13.8 Å². The van der Waals surface area contributed by atoms with Gasteiger partial charge >= 0.3 is 5.97 Å². The normalized spacial score (nSPS) is 23.7. The minimum Gasteiger partial charge on any atom is -0.506 e. The maximum absolute atomic E-state index is 11.4. The molecule has 2 rings (SSSR count). The fraction of sp³-hybridized carbons (Fsp3) is 0.571. The predicted molar refractivity (Wildman–Crippen MR) is 70.9 cm³/mol. The van der Waals surface area contributed by atoms with Crippen LogP contribution in [0.4, 0.5) is 0 Å². The van der Waals surface area contributed by atoms with Crippen molar-refractivity contribution in [1.29, 1.82) is 0 Å². The van der Waals surface area contributed by atoms with Gasteiger partial charge in [0.15, 0.2) is 0 Å². The number of nitrogens with zero attached hydrogens (tertiary/aromatic N) is 2. The molecule has 0 aliphatic carbocycles. The molecular weight excluding hydrogens is 244 g/mol. The van der Waals surface area contributed by atoms with Crippen LogP contribution < -0.4 is 0 Å². The third-order valence-electron chi connectivity index (χ3n) is 4.03. The lowest BCUT2D eigenvalue weighted by Crippen LogP contribution is -2.34. The van der Waals surface area contributed by atoms with Crippen molar-refractivity contribution < 1.29 is 15.0 Å². The standard InChI is InChI=1S/C14H20N2O3/c1-3-14(13(18)19)6-7-16(9-14)8-11-12(17)5-4-10(2)15-11/h4-5,17H,3,6-9H2,1-2H3,(H,18,19). The Morgan fingerprint density at radius 2 is 2.26 bits per heavy atom. The minimum absolute atomic E-state index is 0.176. The predicted octanol–water partition coefficient (Wildman–Crippen LogP) is 1.78. The molecule has 1 aliphatic heterocycles. The van der Waals surface area contributed by atoms with Crippen molar-refractivity contribution in [2.45, 2.75) is 33.2 Å². The molecule has 0 bridgehead atoms. The van der Waals surface area contributed by atoms with Crippen molar-refractivity contribution in [2.24, 2.45) is 5.41 Å². The number of carboxylic acid groups (broad SMARTS) is 1. The van der Waals surface area contributed by atoms with E-state index in [1.54, 1.807) is 12.1 Å². The number of rotatable bonds is 4. The van der Waals surface area contributed by atoms with Crippen LogP contribution >= 0.6 is 0 Å². The van der Waals surface area contributed by atoms with Gasteiger partial charge in [-0.15, -0.1) is 0 Å². The summed E-state index contributed by atoms with van der Waals surface area (Å²) in [6.07, 6.45) is 1.29. The molecule has 2 heterocycles. The van der Waals surface area contributed by atoms with E-state index in [-0.39, 0.29) is 5.75 Å². The van der Waals surface area contributed by atoms with Gasteiger partial charge in [0.2, 0.25) is 0 Å². The Bertz CT molecular complexity index is 490. The van der Waals surface area contributed by atoms with E-state index in [0.717, 1.165) is 12.2 Å². The van der Waals surface area contributed by atoms with E-state index in [1.165, 1.54) is 0 Å². The molecule has 0 saturated carbocycles. The summed E-state index contributed by atoms with van der Waals surface area (Å²) in [4.78, 5) is 17.8. The van der Waals surface area contributed by atoms with Gasteiger partial charge in [-0.25, -0.2) is 0 Å². The van der Waals surface area contributed by atoms with Crippen LogP contribution in [0.1, 0.15) is 31.2 Å². The van der Waals surface area contributed by atoms with E-state index in [9.17, 15) is 15.0 Å². The highest BCUT2D eigenvalue weighted by Crippen LogP contribution is 2.35. The SMILES string of the molecule is CCC1(C(=O)O)CCN(Cc2nc(C)ccc2O)C1. The number of carbonyl (C=O) groups is 1. The molecule has 1 aliphatic rings. The molecular formula is C14H20N2O3. The second-order valence-corrected chi connectivity index (χ2v) is 5.32. The fourth-order valence-electron chi connectivity index (χ4n) is 2.64. The molecule has 1 fully saturated rings. The summed E-state index contributed by atoms with van der Waals surface area (Å²) < 4.78 is 0. The van der Waals surface area contributed by atoms with Gasteiger partial charge < -0.3 is 10.2 Å². The monoisotopic (exact) mass is 264 g/mol. The van der Waals surface area contributed by atoms with Crippen molar-refractivity contribution >= 4 is 5.97 Å². The Hall–Kier alpha value is -1.62. The number of hydrogen-bond donors (Lipinski definition) is 2. The van der Waals surface area contributed by atoms with E-state index < -0.39 is 11.4 Å². The quantitative estimate of drug-likeness (QED) is 0.867. The molecule has 0 spiro atoms. The number of pyridine rings is 1. The number of aromatic nitrogens is 1. The van der Waals surface area contributed by atoms with Gasteiger partial charge in [-0.2, -0.15) is 0 Å². The van der Waals surface area contributed by atoms with Crippen LogP contribution in [0.3, 0.4) is 0 Å². The van der Waals surface area contributed by atoms with Crippen LogP contribution in [-0.2, 0) is 11.3 Å². The Balaban J connectivity index is 2.10. The zero-order valence-corrected chi connectivity index (χ0v) is 11.4. The lowest BCUT2D eigenvalue weighted by molar-refractivity contribution is -0.148. The molecule has 1 saturated heterocycles. The molecule has 5 nitrogen and oxygen atoms in total. The van der Waals surface area contributed by atoms with Gasteiger partial charge in [0, 0.05) is 18.8 Å². The van der Waals surface area contributed by atoms with Crippen molar-refractivity contribution in [3.05, 3.63) is 23.5 Å². The first-order chi connectivity index (χ1) is 8.97. The van der Waals surface area contributed by atoms with Crippen molar-refractivity contribution in [3.63, 3.8) is 0 Å². The average Bonchev–Trinajstić information content (AvgIpc) is 2.79. The molecule has 2 N–H and O–H groups in total. The first-order valence-electron chi connectivity index (χ1n) is 6.58. The zero-order valence-electron chi connectivity index (χ0n) is 11.4. The molecule has 1 unspecified atom stereocenters. The number of aliphatic carboxylic acids is 1. The largest absolute Gasteiger partial charge is 0.506 e. The summed E-state index contributed by atoms with van der Waals surface area (Å²) >= 11 is 0. The van der Waals surface area contributed by atoms with Gasteiger partial charge in [0.1, 0.15) is 5.75 Å². The van der Waals surface area contributed by atoms with Crippen LogP contribution in [0.25, 0.3) is 0 Å². The summed E-state index contributed by atoms with van der Waals surface area (Å²) in [5.74, 6) is -0.547. The lowest BCUT2D eigenvalue weighted by Gasteiger charge is -2.23. The third kappa shape index (κ3) is 2.71. The Morgan fingerprint density at radius 1 is 1.53 bits per heavy atom. The number of carboxylic acids is 1. The third-order valence-corrected chi connectivity index (χ3v) is 4.03. The first-order valence-corrected chi connectivity index (χ1v) is 6.58. The summed E-state index contributed by atoms with van der Waals surface area (Å²) in [6.45, 7) is 5.55. The van der Waals surface area contributed by atoms with Crippen molar-refractivity contribution in [3.8, 4) is 5.75 Å². The maximum Gasteiger partial charge on any atom is 0.310 e. The van der Waals surface area contributed by atoms with Crippen LogP contribution in [-0.4, -0.2) is 39.2 Å². The maximum atomic E-state index is 11.4. The molecule has 0 radical (unpaired) electrons. The average molecular weight is 264 g/mol. The highest BCUT2D eigenvalue weighted by atomic mass is 16.4. The Morgan fingerprint density at radius 3 is 2.84 bits per heavy atom. The zero-order chi connectivity index (χ0) is 14.0. The van der Waals surface area contributed by atoms with E-state index in [0.29, 0.717) is 31.6 Å². The van der Waals surface area contributed by atoms with Gasteiger partial charge in [-0.1, -0.05) is 6.92 Å². The number of likely N-dealkylation sites (tertiary alicyclic amines) is 1. The van der Waals surface area contributed by atoms with Gasteiger partial charge in [0.05, 0.1) is 11.1 Å². The van der Waals surface area contributed by atoms with Gasteiger partial charge in [0.25, 0.3) is 0 Å². The highest BCUT2D eigenvalue weighted by Gasteiger charge is 2.43. The van der Waals surface area contributed by atoms with Gasteiger partial charge in [-0.3, -0.25) is 14.7 Å². The summed E-state index contributed by atoms with van der Waals surface area (Å²) in [5, 5.41) is 19.1. The number of hydrogen-bond acceptors (Lipinski definition) is 4. The number of aromatic hydroxyl groups is 1. The molecule has 1 aromatic rings. The van der Waals surface area contributed by atoms with Crippen molar-refractivity contribution in [1.82, 2.24) is 9.88 Å². The fourth-order valence-corrected chi connectivity index (χ4v) is 2.64. The second kappa shape index (κ2) is 5.17. The van der Waals surface area contributed by atoms with E-state index in [2.05, 4.69) is 9.88 Å². The van der Waals surface area contributed by atoms with Gasteiger partial charge in [-0.05, 0) is 38.4 Å². The first kappa shape index (κ1) is 13.8. The smallest absolute Gasteiger partial charge is 0.310 e. The topological polar surface area (TPSA) is 73.7 Å². The van der Waals surface area contributed by atoms with Crippen LogP contribution in [0.2, 0.25) is 0 Å². The summed E-state index contributed by atoms with van der Waals surface area (Å²) in [6, 6.07) is 3.40. The number of aryl methyl sites for hydroxylation is 1. The van der Waals surface area contributed by atoms with E-state index in [4.69, 9.17) is 0 Å². The van der Waals surface area contributed by atoms with Crippen molar-refractivity contribution in [2.75, 3.05) is 13.1 Å². The highest BCUT2D eigenvalue weighted by molar-refractivity contribution is 5.75. The van der Waals surface area contributed by atoms with Crippen LogP contribution in [0, 0.1) is 12.3 Å². The summed E-state index contributed by atoms with van der Waals surface area (Å²) in [5.41, 5.74) is 0.837. The van der Waals surface area contributed by atoms with Crippen LogP contribution in [0.15, 0.2) is 12.1 Å².